The quantitative estimate of drug-likeness (QED) is 0.732. The zero-order valence-electron chi connectivity index (χ0n) is 11.5. The molecule has 0 aromatic rings. The van der Waals surface area contributed by atoms with Crippen molar-refractivity contribution in [2.75, 3.05) is 6.54 Å². The molecule has 2 N–H and O–H groups in total. The third-order valence-electron chi connectivity index (χ3n) is 3.49. The number of hydrogen-bond donors (Lipinski definition) is 2. The lowest BCUT2D eigenvalue weighted by atomic mass is 10.2. The van der Waals surface area contributed by atoms with Crippen LogP contribution in [-0.4, -0.2) is 40.6 Å². The Bertz CT molecular complexity index is 307. The molecule has 104 valence electrons. The molecule has 1 saturated carbocycles. The van der Waals surface area contributed by atoms with Gasteiger partial charge in [0.05, 0.1) is 6.42 Å². The van der Waals surface area contributed by atoms with Gasteiger partial charge in [-0.25, -0.2) is 4.79 Å². The fourth-order valence-corrected chi connectivity index (χ4v) is 2.37. The van der Waals surface area contributed by atoms with E-state index in [0.717, 1.165) is 19.3 Å². The van der Waals surface area contributed by atoms with Crippen molar-refractivity contribution in [3.8, 4) is 0 Å². The largest absolute Gasteiger partial charge is 0.481 e. The topological polar surface area (TPSA) is 69.6 Å². The maximum atomic E-state index is 12.0. The van der Waals surface area contributed by atoms with Crippen LogP contribution < -0.4 is 5.32 Å². The molecule has 5 heteroatoms. The van der Waals surface area contributed by atoms with Gasteiger partial charge in [-0.1, -0.05) is 13.3 Å². The second-order valence-corrected chi connectivity index (χ2v) is 5.07. The van der Waals surface area contributed by atoms with Crippen LogP contribution in [-0.2, 0) is 4.79 Å². The van der Waals surface area contributed by atoms with Crippen molar-refractivity contribution in [2.45, 2.75) is 58.5 Å². The van der Waals surface area contributed by atoms with Crippen molar-refractivity contribution in [3.63, 3.8) is 0 Å². The number of carbonyl (C=O) groups is 2. The van der Waals surface area contributed by atoms with Gasteiger partial charge in [0.15, 0.2) is 0 Å². The van der Waals surface area contributed by atoms with E-state index >= 15 is 0 Å². The molecule has 0 aromatic carbocycles. The first-order valence-electron chi connectivity index (χ1n) is 6.78. The van der Waals surface area contributed by atoms with E-state index in [0.29, 0.717) is 18.5 Å². The third-order valence-corrected chi connectivity index (χ3v) is 3.49. The van der Waals surface area contributed by atoms with Crippen LogP contribution in [0.3, 0.4) is 0 Å². The number of carboxylic acid groups (broad SMARTS) is 1. The monoisotopic (exact) mass is 256 g/mol. The summed E-state index contributed by atoms with van der Waals surface area (Å²) in [5.74, 6) is -0.253. The summed E-state index contributed by atoms with van der Waals surface area (Å²) in [7, 11) is 0. The van der Waals surface area contributed by atoms with Crippen LogP contribution in [0.25, 0.3) is 0 Å². The molecule has 0 aliphatic heterocycles. The van der Waals surface area contributed by atoms with Gasteiger partial charge in [0.1, 0.15) is 0 Å². The van der Waals surface area contributed by atoms with Gasteiger partial charge in [-0.05, 0) is 32.6 Å². The maximum absolute atomic E-state index is 12.0. The molecule has 2 amide bonds. The predicted octanol–water partition coefficient (Wildman–Crippen LogP) is 2.07. The Labute approximate surface area is 109 Å². The zero-order chi connectivity index (χ0) is 13.7. The van der Waals surface area contributed by atoms with E-state index < -0.39 is 5.97 Å². The molecule has 1 aliphatic carbocycles. The van der Waals surface area contributed by atoms with Crippen molar-refractivity contribution < 1.29 is 14.7 Å². The van der Waals surface area contributed by atoms with Crippen LogP contribution in [0, 0.1) is 5.92 Å². The van der Waals surface area contributed by atoms with Crippen LogP contribution in [0.5, 0.6) is 0 Å². The van der Waals surface area contributed by atoms with E-state index in [-0.39, 0.29) is 18.5 Å². The molecule has 0 saturated heterocycles. The molecule has 5 nitrogen and oxygen atoms in total. The smallest absolute Gasteiger partial charge is 0.317 e. The summed E-state index contributed by atoms with van der Waals surface area (Å²) in [6.45, 7) is 6.32. The molecule has 1 fully saturated rings. The fourth-order valence-electron chi connectivity index (χ4n) is 2.37. The number of amides is 2. The zero-order valence-corrected chi connectivity index (χ0v) is 11.5. The van der Waals surface area contributed by atoms with E-state index in [4.69, 9.17) is 5.11 Å². The van der Waals surface area contributed by atoms with Crippen molar-refractivity contribution in [3.05, 3.63) is 0 Å². The number of nitrogens with zero attached hydrogens (tertiary/aromatic N) is 1. The summed E-state index contributed by atoms with van der Waals surface area (Å²) in [5, 5.41) is 11.7. The molecule has 3 atom stereocenters. The summed E-state index contributed by atoms with van der Waals surface area (Å²) in [6, 6.07) is -0.103. The lowest BCUT2D eigenvalue weighted by Crippen LogP contribution is -2.46. The van der Waals surface area contributed by atoms with Gasteiger partial charge in [-0.3, -0.25) is 4.79 Å². The molecule has 0 aromatic heterocycles. The maximum Gasteiger partial charge on any atom is 0.317 e. The van der Waals surface area contributed by atoms with Crippen molar-refractivity contribution in [2.24, 2.45) is 5.92 Å². The van der Waals surface area contributed by atoms with E-state index in [1.165, 1.54) is 0 Å². The summed E-state index contributed by atoms with van der Waals surface area (Å²) in [6.07, 6.45) is 3.35. The first kappa shape index (κ1) is 14.8. The molecular formula is C13H24N2O3. The highest BCUT2D eigenvalue weighted by Crippen LogP contribution is 2.34. The number of hydrogen-bond acceptors (Lipinski definition) is 2. The molecule has 0 heterocycles. The van der Waals surface area contributed by atoms with Crippen LogP contribution in [0.4, 0.5) is 4.79 Å². The number of carbonyl (C=O) groups excluding carboxylic acids is 1. The molecule has 1 rings (SSSR count). The summed E-state index contributed by atoms with van der Waals surface area (Å²) >= 11 is 0. The van der Waals surface area contributed by atoms with Gasteiger partial charge in [-0.15, -0.1) is 0 Å². The van der Waals surface area contributed by atoms with Crippen LogP contribution >= 0.6 is 0 Å². The number of aliphatic carboxylic acids is 1. The van der Waals surface area contributed by atoms with E-state index in [1.54, 1.807) is 11.8 Å². The summed E-state index contributed by atoms with van der Waals surface area (Å²) in [5.41, 5.74) is 0. The first-order chi connectivity index (χ1) is 8.49. The summed E-state index contributed by atoms with van der Waals surface area (Å²) in [4.78, 5) is 24.3. The lowest BCUT2D eigenvalue weighted by Gasteiger charge is -2.27. The minimum absolute atomic E-state index is 0.00961. The lowest BCUT2D eigenvalue weighted by molar-refractivity contribution is -0.138. The van der Waals surface area contributed by atoms with Gasteiger partial charge in [-0.2, -0.15) is 0 Å². The van der Waals surface area contributed by atoms with Gasteiger partial charge in [0.25, 0.3) is 0 Å². The second-order valence-electron chi connectivity index (χ2n) is 5.07. The van der Waals surface area contributed by atoms with Crippen LogP contribution in [0.15, 0.2) is 0 Å². The molecular weight excluding hydrogens is 232 g/mol. The highest BCUT2D eigenvalue weighted by atomic mass is 16.4. The van der Waals surface area contributed by atoms with Gasteiger partial charge in [0.2, 0.25) is 0 Å². The van der Waals surface area contributed by atoms with Crippen molar-refractivity contribution >= 4 is 12.0 Å². The SMILES string of the molecule is CCCC1CC1NC(=O)N(CC)C(C)CC(=O)O. The third kappa shape index (κ3) is 4.20. The fraction of sp³-hybridized carbons (Fsp3) is 0.846. The Kier molecular flexibility index (Phi) is 5.44. The van der Waals surface area contributed by atoms with Crippen LogP contribution in [0.1, 0.15) is 46.5 Å². The number of rotatable bonds is 7. The second kappa shape index (κ2) is 6.61. The number of nitrogens with one attached hydrogen (secondary N) is 1. The van der Waals surface area contributed by atoms with Crippen LogP contribution in [0.2, 0.25) is 0 Å². The molecule has 0 radical (unpaired) electrons. The molecule has 1 aliphatic rings. The Hall–Kier alpha value is -1.26. The Morgan fingerprint density at radius 3 is 2.61 bits per heavy atom. The first-order valence-corrected chi connectivity index (χ1v) is 6.78. The standard InChI is InChI=1S/C13H24N2O3/c1-4-6-10-8-11(10)14-13(18)15(5-2)9(3)7-12(16)17/h9-11H,4-8H2,1-3H3,(H,14,18)(H,16,17). The van der Waals surface area contributed by atoms with Gasteiger partial charge >= 0.3 is 12.0 Å². The highest BCUT2D eigenvalue weighted by Gasteiger charge is 2.38. The normalized spacial score (nSPS) is 23.3. The average molecular weight is 256 g/mol. The van der Waals surface area contributed by atoms with E-state index in [1.807, 2.05) is 6.92 Å². The Morgan fingerprint density at radius 1 is 1.44 bits per heavy atom. The Balaban J connectivity index is 2.40. The molecule has 0 spiro atoms. The number of carboxylic acids is 1. The highest BCUT2D eigenvalue weighted by molar-refractivity contribution is 5.76. The predicted molar refractivity (Wildman–Crippen MR) is 69.4 cm³/mol. The molecule has 3 unspecified atom stereocenters. The van der Waals surface area contributed by atoms with Crippen molar-refractivity contribution in [1.82, 2.24) is 10.2 Å². The van der Waals surface area contributed by atoms with E-state index in [9.17, 15) is 9.59 Å². The molecule has 18 heavy (non-hydrogen) atoms. The number of urea groups is 1. The average Bonchev–Trinajstić information content (AvgIpc) is 2.96. The van der Waals surface area contributed by atoms with Gasteiger partial charge < -0.3 is 15.3 Å². The minimum atomic E-state index is -0.871. The minimum Gasteiger partial charge on any atom is -0.481 e. The van der Waals surface area contributed by atoms with Gasteiger partial charge in [0, 0.05) is 18.6 Å². The van der Waals surface area contributed by atoms with E-state index in [2.05, 4.69) is 12.2 Å². The molecule has 0 bridgehead atoms. The van der Waals surface area contributed by atoms with Crippen molar-refractivity contribution in [1.29, 1.82) is 0 Å². The summed E-state index contributed by atoms with van der Waals surface area (Å²) < 4.78 is 0. The Morgan fingerprint density at radius 2 is 2.11 bits per heavy atom.